The largest absolute Gasteiger partial charge is 0.476 e. The monoisotopic (exact) mass is 351 g/mol. The Balaban J connectivity index is -0.000000563. The summed E-state index contributed by atoms with van der Waals surface area (Å²) in [5.41, 5.74) is 0. The van der Waals surface area contributed by atoms with Crippen molar-refractivity contribution in [1.82, 2.24) is 9.55 Å². The Morgan fingerprint density at radius 1 is 1.62 bits per heavy atom. The van der Waals surface area contributed by atoms with E-state index in [0.29, 0.717) is 0 Å². The zero-order chi connectivity index (χ0) is 10.1. The van der Waals surface area contributed by atoms with Crippen LogP contribution in [0.25, 0.3) is 0 Å². The van der Waals surface area contributed by atoms with Crippen LogP contribution in [0.2, 0.25) is 0 Å². The van der Waals surface area contributed by atoms with Gasteiger partial charge >= 0.3 is 11.9 Å². The van der Waals surface area contributed by atoms with E-state index >= 15 is 0 Å². The van der Waals surface area contributed by atoms with Gasteiger partial charge in [-0.25, -0.2) is 9.78 Å². The van der Waals surface area contributed by atoms with Gasteiger partial charge in [0.05, 0.1) is 0 Å². The van der Waals surface area contributed by atoms with Gasteiger partial charge in [0.15, 0.2) is 5.82 Å². The molecule has 0 saturated heterocycles. The third-order valence-electron chi connectivity index (χ3n) is 1.61. The molecule has 0 fully saturated rings. The van der Waals surface area contributed by atoms with Gasteiger partial charge < -0.3 is 9.67 Å². The summed E-state index contributed by atoms with van der Waals surface area (Å²) in [6, 6.07) is 0. The third-order valence-corrected chi connectivity index (χ3v) is 1.61. The molecule has 0 spiro atoms. The SMILES string of the molecule is Br.CCn1ccnc1C(F)(F)C(=O)O.Cl.[Sc]. The van der Waals surface area contributed by atoms with Crippen LogP contribution in [-0.2, 0) is 43.1 Å². The number of hydrogen-bond acceptors (Lipinski definition) is 2. The zero-order valence-electron chi connectivity index (χ0n) is 8.26. The first-order valence-electron chi connectivity index (χ1n) is 3.63. The maximum Gasteiger partial charge on any atom is 0.399 e. The Hall–Kier alpha value is 0.180. The molecule has 1 N–H and O–H groups in total. The van der Waals surface area contributed by atoms with E-state index in [2.05, 4.69) is 4.98 Å². The predicted molar refractivity (Wildman–Crippen MR) is 57.0 cm³/mol. The average molecular weight is 352 g/mol. The van der Waals surface area contributed by atoms with Gasteiger partial charge in [-0.15, -0.1) is 29.4 Å². The van der Waals surface area contributed by atoms with Crippen LogP contribution in [-0.4, -0.2) is 20.6 Å². The quantitative estimate of drug-likeness (QED) is 0.906. The Bertz CT molecular complexity index is 338. The Kier molecular flexibility index (Phi) is 11.1. The van der Waals surface area contributed by atoms with Crippen LogP contribution in [0, 0.1) is 0 Å². The van der Waals surface area contributed by atoms with Crippen molar-refractivity contribution in [3.63, 3.8) is 0 Å². The molecule has 4 nitrogen and oxygen atoms in total. The Morgan fingerprint density at radius 2 is 2.12 bits per heavy atom. The van der Waals surface area contributed by atoms with E-state index in [1.54, 1.807) is 6.92 Å². The van der Waals surface area contributed by atoms with Crippen LogP contribution in [0.1, 0.15) is 12.7 Å². The molecule has 16 heavy (non-hydrogen) atoms. The molecule has 1 aromatic rings. The molecule has 1 heterocycles. The van der Waals surface area contributed by atoms with E-state index in [1.807, 2.05) is 0 Å². The molecule has 0 aliphatic carbocycles. The zero-order valence-corrected chi connectivity index (χ0v) is 12.6. The van der Waals surface area contributed by atoms with Crippen LogP contribution in [0.5, 0.6) is 0 Å². The van der Waals surface area contributed by atoms with Crippen molar-refractivity contribution in [2.75, 3.05) is 0 Å². The van der Waals surface area contributed by atoms with Gasteiger partial charge in [0.1, 0.15) is 0 Å². The van der Waals surface area contributed by atoms with E-state index < -0.39 is 17.7 Å². The molecule has 0 bridgehead atoms. The smallest absolute Gasteiger partial charge is 0.399 e. The summed E-state index contributed by atoms with van der Waals surface area (Å²) in [6.07, 6.45) is 2.46. The second-order valence-electron chi connectivity index (χ2n) is 2.42. The summed E-state index contributed by atoms with van der Waals surface area (Å²) in [7, 11) is 0. The van der Waals surface area contributed by atoms with Gasteiger partial charge in [-0.05, 0) is 6.92 Å². The van der Waals surface area contributed by atoms with Crippen molar-refractivity contribution < 1.29 is 44.5 Å². The molecule has 1 radical (unpaired) electrons. The molecule has 0 aliphatic heterocycles. The van der Waals surface area contributed by atoms with Gasteiger partial charge in [-0.1, -0.05) is 0 Å². The third kappa shape index (κ3) is 4.21. The normalized spacial score (nSPS) is 9.44. The minimum atomic E-state index is -3.92. The Labute approximate surface area is 126 Å². The summed E-state index contributed by atoms with van der Waals surface area (Å²) in [5.74, 6) is -6.84. The molecule has 91 valence electrons. The second kappa shape index (κ2) is 8.30. The number of aryl methyl sites for hydroxylation is 1. The van der Waals surface area contributed by atoms with E-state index in [-0.39, 0.29) is 61.8 Å². The summed E-state index contributed by atoms with van der Waals surface area (Å²) < 4.78 is 26.8. The van der Waals surface area contributed by atoms with Crippen LogP contribution >= 0.6 is 29.4 Å². The summed E-state index contributed by atoms with van der Waals surface area (Å²) in [5, 5.41) is 8.23. The number of aliphatic carboxylic acids is 1. The number of carbonyl (C=O) groups is 1. The maximum absolute atomic E-state index is 12.9. The van der Waals surface area contributed by atoms with Crippen LogP contribution < -0.4 is 0 Å². The number of alkyl halides is 2. The number of imidazole rings is 1. The van der Waals surface area contributed by atoms with E-state index in [1.165, 1.54) is 6.20 Å². The number of rotatable bonds is 3. The number of halogens is 4. The minimum absolute atomic E-state index is 0. The van der Waals surface area contributed by atoms with Gasteiger partial charge in [-0.2, -0.15) is 8.78 Å². The van der Waals surface area contributed by atoms with Gasteiger partial charge in [0.25, 0.3) is 0 Å². The van der Waals surface area contributed by atoms with Crippen molar-refractivity contribution in [2.24, 2.45) is 0 Å². The molecule has 0 atom stereocenters. The second-order valence-corrected chi connectivity index (χ2v) is 2.42. The number of aromatic nitrogens is 2. The fourth-order valence-electron chi connectivity index (χ4n) is 0.941. The molecular weight excluding hydrogens is 342 g/mol. The number of carboxylic acid groups (broad SMARTS) is 1. The summed E-state index contributed by atoms with van der Waals surface area (Å²) in [4.78, 5) is 13.5. The molecule has 0 aliphatic rings. The van der Waals surface area contributed by atoms with Crippen molar-refractivity contribution in [1.29, 1.82) is 0 Å². The standard InChI is InChI=1S/C7H8F2N2O2.BrH.ClH.Sc/c1-2-11-4-3-10-5(11)7(8,9)6(12)13;;;/h3-4H,2H2,1H3,(H,12,13);2*1H;. The van der Waals surface area contributed by atoms with E-state index in [9.17, 15) is 13.6 Å². The molecule has 0 saturated carbocycles. The molecular formula is C7H10BrClF2N2O2Sc. The maximum atomic E-state index is 12.9. The molecule has 1 aromatic heterocycles. The van der Waals surface area contributed by atoms with Crippen LogP contribution in [0.4, 0.5) is 8.78 Å². The fraction of sp³-hybridized carbons (Fsp3) is 0.429. The molecule has 0 amide bonds. The van der Waals surface area contributed by atoms with Crippen LogP contribution in [0.3, 0.4) is 0 Å². The molecule has 0 unspecified atom stereocenters. The van der Waals surface area contributed by atoms with Crippen molar-refractivity contribution in [3.8, 4) is 0 Å². The van der Waals surface area contributed by atoms with Gasteiger partial charge in [0, 0.05) is 44.8 Å². The summed E-state index contributed by atoms with van der Waals surface area (Å²) >= 11 is 0. The number of carboxylic acids is 1. The average Bonchev–Trinajstić information content (AvgIpc) is 2.51. The van der Waals surface area contributed by atoms with E-state index in [4.69, 9.17) is 5.11 Å². The minimum Gasteiger partial charge on any atom is -0.476 e. The van der Waals surface area contributed by atoms with Crippen LogP contribution in [0.15, 0.2) is 12.4 Å². The first-order chi connectivity index (χ1) is 6.00. The molecule has 0 aromatic carbocycles. The topological polar surface area (TPSA) is 55.1 Å². The Morgan fingerprint density at radius 3 is 2.50 bits per heavy atom. The van der Waals surface area contributed by atoms with E-state index in [0.717, 1.165) is 10.8 Å². The van der Waals surface area contributed by atoms with Crippen molar-refractivity contribution >= 4 is 35.4 Å². The van der Waals surface area contributed by atoms with Gasteiger partial charge in [-0.3, -0.25) is 0 Å². The summed E-state index contributed by atoms with van der Waals surface area (Å²) in [6.45, 7) is 1.89. The first-order valence-corrected chi connectivity index (χ1v) is 3.63. The number of nitrogens with zero attached hydrogens (tertiary/aromatic N) is 2. The fourth-order valence-corrected chi connectivity index (χ4v) is 0.941. The van der Waals surface area contributed by atoms with Gasteiger partial charge in [0.2, 0.25) is 0 Å². The number of hydrogen-bond donors (Lipinski definition) is 1. The van der Waals surface area contributed by atoms with Crippen molar-refractivity contribution in [3.05, 3.63) is 18.2 Å². The first kappa shape index (κ1) is 21.5. The molecule has 9 heteroatoms. The molecule has 1 rings (SSSR count). The van der Waals surface area contributed by atoms with Crippen molar-refractivity contribution in [2.45, 2.75) is 19.4 Å². The predicted octanol–water partition coefficient (Wildman–Crippen LogP) is 2.08.